The van der Waals surface area contributed by atoms with Crippen LogP contribution in [0.1, 0.15) is 28.2 Å². The van der Waals surface area contributed by atoms with Crippen LogP contribution in [-0.2, 0) is 24.1 Å². The van der Waals surface area contributed by atoms with E-state index in [1.165, 1.54) is 0 Å². The van der Waals surface area contributed by atoms with Gasteiger partial charge in [0.15, 0.2) is 5.16 Å². The predicted molar refractivity (Wildman–Crippen MR) is 107 cm³/mol. The molecule has 2 heterocycles. The molecule has 0 spiro atoms. The number of rotatable bonds is 7. The van der Waals surface area contributed by atoms with E-state index in [1.807, 2.05) is 48.9 Å². The summed E-state index contributed by atoms with van der Waals surface area (Å²) in [6.45, 7) is 4.73. The number of aryl methyl sites for hydroxylation is 1. The molecule has 0 aliphatic heterocycles. The Morgan fingerprint density at radius 1 is 1.17 bits per heavy atom. The van der Waals surface area contributed by atoms with Crippen LogP contribution in [0.4, 0.5) is 13.2 Å². The van der Waals surface area contributed by atoms with E-state index in [9.17, 15) is 18.0 Å². The number of hydrogen-bond acceptors (Lipinski definition) is 5. The van der Waals surface area contributed by atoms with Crippen LogP contribution in [0.25, 0.3) is 0 Å². The van der Waals surface area contributed by atoms with Gasteiger partial charge in [0.05, 0.1) is 18.0 Å². The molecule has 0 bridgehead atoms. The van der Waals surface area contributed by atoms with E-state index < -0.39 is 11.9 Å². The number of nitrogens with one attached hydrogen (secondary N) is 1. The minimum Gasteiger partial charge on any atom is -0.351 e. The van der Waals surface area contributed by atoms with Crippen molar-refractivity contribution in [3.05, 3.63) is 70.8 Å². The first-order valence-electron chi connectivity index (χ1n) is 9.10. The number of thioether (sulfide) groups is 1. The van der Waals surface area contributed by atoms with Crippen molar-refractivity contribution in [3.63, 3.8) is 0 Å². The Morgan fingerprint density at radius 3 is 2.60 bits per heavy atom. The second kappa shape index (κ2) is 9.29. The average Bonchev–Trinajstić information content (AvgIpc) is 2.98. The quantitative estimate of drug-likeness (QED) is 0.452. The maximum absolute atomic E-state index is 12.7. The minimum atomic E-state index is -4.55. The van der Waals surface area contributed by atoms with E-state index in [1.54, 1.807) is 0 Å². The number of nitrogens with zero attached hydrogens (tertiary/aromatic N) is 4. The van der Waals surface area contributed by atoms with Gasteiger partial charge in [0.2, 0.25) is 5.91 Å². The number of benzene rings is 1. The molecule has 1 amide bonds. The van der Waals surface area contributed by atoms with Gasteiger partial charge in [0, 0.05) is 24.0 Å². The zero-order valence-corrected chi connectivity index (χ0v) is 17.2. The Bertz CT molecular complexity index is 1020. The van der Waals surface area contributed by atoms with Crippen LogP contribution in [0.15, 0.2) is 47.8 Å². The molecular weight excluding hydrogens is 415 g/mol. The highest BCUT2D eigenvalue weighted by Gasteiger charge is 2.32. The standard InChI is InChI=1S/C20H20F3N5OS/c1-13-16(14(2)28(27-13)11-15-6-4-3-5-7-15)10-25-18(29)12-30-19-24-9-8-17(26-19)20(21,22)23/h3-9H,10-12H2,1-2H3,(H,25,29). The van der Waals surface area contributed by atoms with Crippen molar-refractivity contribution in [2.75, 3.05) is 5.75 Å². The van der Waals surface area contributed by atoms with Crippen LogP contribution < -0.4 is 5.32 Å². The highest BCUT2D eigenvalue weighted by molar-refractivity contribution is 7.99. The molecule has 3 aromatic rings. The number of alkyl halides is 3. The van der Waals surface area contributed by atoms with Crippen molar-refractivity contribution < 1.29 is 18.0 Å². The predicted octanol–water partition coefficient (Wildman–Crippen LogP) is 3.77. The fourth-order valence-corrected chi connectivity index (χ4v) is 3.50. The number of amides is 1. The lowest BCUT2D eigenvalue weighted by Gasteiger charge is -2.08. The van der Waals surface area contributed by atoms with Crippen LogP contribution in [0.5, 0.6) is 0 Å². The molecule has 3 rings (SSSR count). The van der Waals surface area contributed by atoms with Crippen molar-refractivity contribution in [2.45, 2.75) is 38.3 Å². The van der Waals surface area contributed by atoms with Gasteiger partial charge in [0.25, 0.3) is 0 Å². The van der Waals surface area contributed by atoms with Gasteiger partial charge in [-0.25, -0.2) is 9.97 Å². The third-order valence-corrected chi connectivity index (χ3v) is 5.29. The summed E-state index contributed by atoms with van der Waals surface area (Å²) in [5.74, 6) is -0.409. The van der Waals surface area contributed by atoms with E-state index in [0.717, 1.165) is 46.5 Å². The number of aromatic nitrogens is 4. The number of halogens is 3. The van der Waals surface area contributed by atoms with Gasteiger partial charge in [-0.05, 0) is 25.5 Å². The van der Waals surface area contributed by atoms with Crippen LogP contribution >= 0.6 is 11.8 Å². The molecule has 0 radical (unpaired) electrons. The summed E-state index contributed by atoms with van der Waals surface area (Å²) in [5.41, 5.74) is 2.77. The zero-order chi connectivity index (χ0) is 21.7. The van der Waals surface area contributed by atoms with Gasteiger partial charge in [-0.1, -0.05) is 42.1 Å². The van der Waals surface area contributed by atoms with Gasteiger partial charge in [-0.2, -0.15) is 18.3 Å². The Hall–Kier alpha value is -2.88. The lowest BCUT2D eigenvalue weighted by molar-refractivity contribution is -0.141. The van der Waals surface area contributed by atoms with Gasteiger partial charge in [-0.3, -0.25) is 9.48 Å². The summed E-state index contributed by atoms with van der Waals surface area (Å²) in [5, 5.41) is 7.23. The van der Waals surface area contributed by atoms with Crippen molar-refractivity contribution in [3.8, 4) is 0 Å². The van der Waals surface area contributed by atoms with Gasteiger partial charge >= 0.3 is 6.18 Å². The van der Waals surface area contributed by atoms with Crippen molar-refractivity contribution >= 4 is 17.7 Å². The third kappa shape index (κ3) is 5.59. The minimum absolute atomic E-state index is 0.0858. The van der Waals surface area contributed by atoms with Crippen LogP contribution in [0, 0.1) is 13.8 Å². The molecule has 0 aliphatic carbocycles. The molecule has 0 atom stereocenters. The Labute approximate surface area is 175 Å². The molecule has 0 saturated carbocycles. The van der Waals surface area contributed by atoms with Crippen LogP contribution in [0.3, 0.4) is 0 Å². The molecule has 0 unspecified atom stereocenters. The van der Waals surface area contributed by atoms with Crippen LogP contribution in [-0.4, -0.2) is 31.4 Å². The number of hydrogen-bond donors (Lipinski definition) is 1. The Kier molecular flexibility index (Phi) is 6.76. The largest absolute Gasteiger partial charge is 0.433 e. The molecular formula is C20H20F3N5OS. The first-order chi connectivity index (χ1) is 14.2. The van der Waals surface area contributed by atoms with E-state index in [0.29, 0.717) is 6.54 Å². The van der Waals surface area contributed by atoms with Gasteiger partial charge < -0.3 is 5.32 Å². The van der Waals surface area contributed by atoms with E-state index in [2.05, 4.69) is 20.4 Å². The molecule has 0 fully saturated rings. The monoisotopic (exact) mass is 435 g/mol. The average molecular weight is 435 g/mol. The SMILES string of the molecule is Cc1nn(Cc2ccccc2)c(C)c1CNC(=O)CSc1nccc(C(F)(F)F)n1. The summed E-state index contributed by atoms with van der Waals surface area (Å²) in [6.07, 6.45) is -3.51. The van der Waals surface area contributed by atoms with Crippen LogP contribution in [0.2, 0.25) is 0 Å². The first kappa shape index (κ1) is 21.8. The van der Waals surface area contributed by atoms with E-state index in [-0.39, 0.29) is 23.4 Å². The van der Waals surface area contributed by atoms with E-state index >= 15 is 0 Å². The third-order valence-electron chi connectivity index (χ3n) is 4.43. The van der Waals surface area contributed by atoms with Gasteiger partial charge in [0.1, 0.15) is 5.69 Å². The topological polar surface area (TPSA) is 72.7 Å². The normalized spacial score (nSPS) is 11.5. The Balaban J connectivity index is 1.56. The summed E-state index contributed by atoms with van der Waals surface area (Å²) in [7, 11) is 0. The lowest BCUT2D eigenvalue weighted by Crippen LogP contribution is -2.25. The highest BCUT2D eigenvalue weighted by atomic mass is 32.2. The molecule has 1 aromatic carbocycles. The molecule has 0 saturated heterocycles. The maximum Gasteiger partial charge on any atom is 0.433 e. The number of carbonyl (C=O) groups excluding carboxylic acids is 1. The molecule has 1 N–H and O–H groups in total. The molecule has 0 aliphatic rings. The fourth-order valence-electron chi connectivity index (χ4n) is 2.84. The summed E-state index contributed by atoms with van der Waals surface area (Å²) in [6, 6.07) is 10.7. The smallest absolute Gasteiger partial charge is 0.351 e. The maximum atomic E-state index is 12.7. The fraction of sp³-hybridized carbons (Fsp3) is 0.300. The van der Waals surface area contributed by atoms with Crippen molar-refractivity contribution in [1.82, 2.24) is 25.1 Å². The van der Waals surface area contributed by atoms with Gasteiger partial charge in [-0.15, -0.1) is 0 Å². The Morgan fingerprint density at radius 2 is 1.90 bits per heavy atom. The molecule has 10 heteroatoms. The molecule has 158 valence electrons. The second-order valence-corrected chi connectivity index (χ2v) is 7.52. The van der Waals surface area contributed by atoms with E-state index in [4.69, 9.17) is 0 Å². The second-order valence-electron chi connectivity index (χ2n) is 6.58. The van der Waals surface area contributed by atoms with Crippen molar-refractivity contribution in [1.29, 1.82) is 0 Å². The highest BCUT2D eigenvalue weighted by Crippen LogP contribution is 2.28. The van der Waals surface area contributed by atoms with Crippen molar-refractivity contribution in [2.24, 2.45) is 0 Å². The number of carbonyl (C=O) groups is 1. The zero-order valence-electron chi connectivity index (χ0n) is 16.4. The molecule has 6 nitrogen and oxygen atoms in total. The molecule has 2 aromatic heterocycles. The summed E-state index contributed by atoms with van der Waals surface area (Å²) in [4.78, 5) is 19.4. The lowest BCUT2D eigenvalue weighted by atomic mass is 10.2. The summed E-state index contributed by atoms with van der Waals surface area (Å²) < 4.78 is 40.0. The first-order valence-corrected chi connectivity index (χ1v) is 10.1. The summed E-state index contributed by atoms with van der Waals surface area (Å²) >= 11 is 0.854. The molecule has 30 heavy (non-hydrogen) atoms.